The topological polar surface area (TPSA) is 32.7 Å². The van der Waals surface area contributed by atoms with Gasteiger partial charge in [-0.1, -0.05) is 12.1 Å². The van der Waals surface area contributed by atoms with Crippen molar-refractivity contribution in [1.82, 2.24) is 0 Å². The highest BCUT2D eigenvalue weighted by atomic mass is 32.2. The van der Waals surface area contributed by atoms with Crippen molar-refractivity contribution in [2.75, 3.05) is 37.0 Å². The van der Waals surface area contributed by atoms with Crippen LogP contribution in [0.15, 0.2) is 29.2 Å². The number of aliphatic hydroxyl groups excluding tert-OH is 1. The van der Waals surface area contributed by atoms with E-state index in [2.05, 4.69) is 36.1 Å². The first-order chi connectivity index (χ1) is 8.74. The number of aliphatic hydroxyl groups is 1. The third-order valence-corrected chi connectivity index (χ3v) is 5.15. The number of benzene rings is 1. The van der Waals surface area contributed by atoms with E-state index in [4.69, 9.17) is 4.74 Å². The molecule has 4 heteroatoms. The second kappa shape index (κ2) is 4.76. The molecule has 98 valence electrons. The zero-order chi connectivity index (χ0) is 12.6. The molecule has 1 unspecified atom stereocenters. The second-order valence-corrected chi connectivity index (χ2v) is 6.47. The van der Waals surface area contributed by atoms with Gasteiger partial charge in [0.15, 0.2) is 0 Å². The minimum Gasteiger partial charge on any atom is -0.396 e. The molecule has 3 nitrogen and oxygen atoms in total. The van der Waals surface area contributed by atoms with Crippen LogP contribution in [0.25, 0.3) is 0 Å². The van der Waals surface area contributed by atoms with Crippen LogP contribution in [0, 0.1) is 5.41 Å². The highest BCUT2D eigenvalue weighted by Crippen LogP contribution is 2.40. The molecule has 0 aromatic heterocycles. The number of nitrogens with zero attached hydrogens (tertiary/aromatic N) is 1. The van der Waals surface area contributed by atoms with E-state index in [-0.39, 0.29) is 12.0 Å². The largest absolute Gasteiger partial charge is 0.396 e. The molecule has 2 heterocycles. The molecular formula is C14H19NO2S. The zero-order valence-electron chi connectivity index (χ0n) is 10.6. The van der Waals surface area contributed by atoms with Crippen molar-refractivity contribution in [1.29, 1.82) is 0 Å². The van der Waals surface area contributed by atoms with Crippen molar-refractivity contribution in [3.05, 3.63) is 24.3 Å². The van der Waals surface area contributed by atoms with E-state index in [1.54, 1.807) is 0 Å². The fraction of sp³-hybridized carbons (Fsp3) is 0.571. The van der Waals surface area contributed by atoms with Crippen LogP contribution in [0.3, 0.4) is 0 Å². The Kier molecular flexibility index (Phi) is 3.26. The first-order valence-corrected chi connectivity index (χ1v) is 7.40. The lowest BCUT2D eigenvalue weighted by Crippen LogP contribution is -2.56. The second-order valence-electron chi connectivity index (χ2n) is 5.41. The van der Waals surface area contributed by atoms with Gasteiger partial charge in [0.05, 0.1) is 30.9 Å². The van der Waals surface area contributed by atoms with E-state index in [1.807, 2.05) is 11.8 Å². The van der Waals surface area contributed by atoms with Crippen molar-refractivity contribution in [3.63, 3.8) is 0 Å². The summed E-state index contributed by atoms with van der Waals surface area (Å²) >= 11 is 1.92. The van der Waals surface area contributed by atoms with E-state index in [9.17, 15) is 5.11 Å². The number of thioether (sulfide) groups is 1. The number of ether oxygens (including phenoxy) is 1. The van der Waals surface area contributed by atoms with Gasteiger partial charge in [0.2, 0.25) is 0 Å². The molecule has 2 aliphatic rings. The predicted octanol–water partition coefficient (Wildman–Crippen LogP) is 2.00. The van der Waals surface area contributed by atoms with Gasteiger partial charge in [0.25, 0.3) is 0 Å². The molecular weight excluding hydrogens is 246 g/mol. The third kappa shape index (κ3) is 2.02. The maximum atomic E-state index is 9.59. The summed E-state index contributed by atoms with van der Waals surface area (Å²) in [6.07, 6.45) is 0. The molecule has 0 aliphatic carbocycles. The molecule has 3 rings (SSSR count). The molecule has 0 amide bonds. The molecule has 1 atom stereocenters. The predicted molar refractivity (Wildman–Crippen MR) is 74.3 cm³/mol. The number of rotatable bonds is 3. The van der Waals surface area contributed by atoms with E-state index in [0.717, 1.165) is 12.3 Å². The summed E-state index contributed by atoms with van der Waals surface area (Å²) in [5.41, 5.74) is 1.25. The maximum absolute atomic E-state index is 9.59. The standard InChI is InChI=1S/C14H19NO2S/c1-11-6-18-13-5-3-2-4-12(13)15(11)7-14(8-16)9-17-10-14/h2-5,11,16H,6-10H2,1H3. The van der Waals surface area contributed by atoms with Crippen LogP contribution < -0.4 is 4.90 Å². The van der Waals surface area contributed by atoms with Crippen LogP contribution >= 0.6 is 11.8 Å². The Morgan fingerprint density at radius 3 is 2.89 bits per heavy atom. The average molecular weight is 265 g/mol. The molecule has 2 aliphatic heterocycles. The summed E-state index contributed by atoms with van der Waals surface area (Å²) < 4.78 is 5.30. The maximum Gasteiger partial charge on any atom is 0.0584 e. The van der Waals surface area contributed by atoms with Crippen LogP contribution in [0.1, 0.15) is 6.92 Å². The van der Waals surface area contributed by atoms with Crippen molar-refractivity contribution in [3.8, 4) is 0 Å². The van der Waals surface area contributed by atoms with E-state index in [1.165, 1.54) is 10.6 Å². The molecule has 0 spiro atoms. The smallest absolute Gasteiger partial charge is 0.0584 e. The molecule has 1 aromatic carbocycles. The lowest BCUT2D eigenvalue weighted by atomic mass is 9.86. The van der Waals surface area contributed by atoms with Crippen LogP contribution in [0.4, 0.5) is 5.69 Å². The highest BCUT2D eigenvalue weighted by molar-refractivity contribution is 7.99. The van der Waals surface area contributed by atoms with E-state index >= 15 is 0 Å². The first-order valence-electron chi connectivity index (χ1n) is 6.41. The van der Waals surface area contributed by atoms with Gasteiger partial charge in [-0.05, 0) is 19.1 Å². The lowest BCUT2D eigenvalue weighted by Gasteiger charge is -2.47. The van der Waals surface area contributed by atoms with Crippen LogP contribution in [0.2, 0.25) is 0 Å². The van der Waals surface area contributed by atoms with Gasteiger partial charge in [-0.25, -0.2) is 0 Å². The lowest BCUT2D eigenvalue weighted by molar-refractivity contribution is -0.131. The fourth-order valence-electron chi connectivity index (χ4n) is 2.58. The molecule has 1 fully saturated rings. The van der Waals surface area contributed by atoms with Gasteiger partial charge in [-0.2, -0.15) is 0 Å². The Balaban J connectivity index is 1.86. The van der Waals surface area contributed by atoms with Crippen LogP contribution in [-0.2, 0) is 4.74 Å². The average Bonchev–Trinajstić information content (AvgIpc) is 2.36. The normalized spacial score (nSPS) is 25.4. The summed E-state index contributed by atoms with van der Waals surface area (Å²) in [6.45, 7) is 4.73. The van der Waals surface area contributed by atoms with Gasteiger partial charge < -0.3 is 14.7 Å². The van der Waals surface area contributed by atoms with Crippen LogP contribution in [-0.4, -0.2) is 43.3 Å². The summed E-state index contributed by atoms with van der Waals surface area (Å²) in [5.74, 6) is 1.11. The Hall–Kier alpha value is -0.710. The molecule has 1 aromatic rings. The minimum atomic E-state index is -0.0522. The van der Waals surface area contributed by atoms with Gasteiger partial charge in [-0.15, -0.1) is 11.8 Å². The van der Waals surface area contributed by atoms with Crippen molar-refractivity contribution in [2.24, 2.45) is 5.41 Å². The summed E-state index contributed by atoms with van der Waals surface area (Å²) in [6, 6.07) is 9.06. The van der Waals surface area contributed by atoms with Crippen molar-refractivity contribution >= 4 is 17.4 Å². The summed E-state index contributed by atoms with van der Waals surface area (Å²) in [4.78, 5) is 3.79. The van der Waals surface area contributed by atoms with Gasteiger partial charge >= 0.3 is 0 Å². The summed E-state index contributed by atoms with van der Waals surface area (Å²) in [7, 11) is 0. The number of anilines is 1. The molecule has 0 saturated carbocycles. The number of hydrogen-bond acceptors (Lipinski definition) is 4. The number of fused-ring (bicyclic) bond motifs is 1. The van der Waals surface area contributed by atoms with E-state index in [0.29, 0.717) is 19.3 Å². The Morgan fingerprint density at radius 1 is 1.44 bits per heavy atom. The quantitative estimate of drug-likeness (QED) is 0.906. The molecule has 0 bridgehead atoms. The minimum absolute atomic E-state index is 0.0522. The highest BCUT2D eigenvalue weighted by Gasteiger charge is 2.41. The monoisotopic (exact) mass is 265 g/mol. The van der Waals surface area contributed by atoms with Gasteiger partial charge in [0, 0.05) is 23.2 Å². The number of hydrogen-bond donors (Lipinski definition) is 1. The molecule has 18 heavy (non-hydrogen) atoms. The first kappa shape index (κ1) is 12.3. The Labute approximate surface area is 112 Å². The van der Waals surface area contributed by atoms with Gasteiger partial charge in [-0.3, -0.25) is 0 Å². The fourth-order valence-corrected chi connectivity index (χ4v) is 3.69. The van der Waals surface area contributed by atoms with Crippen LogP contribution in [0.5, 0.6) is 0 Å². The Morgan fingerprint density at radius 2 is 2.22 bits per heavy atom. The summed E-state index contributed by atoms with van der Waals surface area (Å²) in [5, 5.41) is 9.59. The van der Waals surface area contributed by atoms with Crippen molar-refractivity contribution in [2.45, 2.75) is 17.9 Å². The molecule has 0 radical (unpaired) electrons. The molecule has 1 N–H and O–H groups in total. The number of para-hydroxylation sites is 1. The van der Waals surface area contributed by atoms with Gasteiger partial charge in [0.1, 0.15) is 0 Å². The SMILES string of the molecule is CC1CSc2ccccc2N1CC1(CO)COC1. The Bertz CT molecular complexity index is 428. The van der Waals surface area contributed by atoms with Crippen molar-refractivity contribution < 1.29 is 9.84 Å². The molecule has 1 saturated heterocycles. The van der Waals surface area contributed by atoms with E-state index < -0.39 is 0 Å². The third-order valence-electron chi connectivity index (χ3n) is 3.84. The zero-order valence-corrected chi connectivity index (χ0v) is 11.4.